The molecule has 0 aliphatic rings. The van der Waals surface area contributed by atoms with Gasteiger partial charge in [-0.05, 0) is 32.4 Å². The number of halogens is 3. The Hall–Kier alpha value is -1.79. The van der Waals surface area contributed by atoms with Crippen molar-refractivity contribution in [1.29, 1.82) is 0 Å². The minimum absolute atomic E-state index is 0.0451. The van der Waals surface area contributed by atoms with E-state index in [2.05, 4.69) is 4.98 Å². The summed E-state index contributed by atoms with van der Waals surface area (Å²) in [6.45, 7) is 3.96. The number of pyridine rings is 1. The molecule has 0 aliphatic heterocycles. The van der Waals surface area contributed by atoms with Gasteiger partial charge in [-0.2, -0.15) is 13.2 Å². The molecule has 0 amide bonds. The van der Waals surface area contributed by atoms with E-state index in [0.29, 0.717) is 12.1 Å². The minimum atomic E-state index is -4.38. The number of aryl methyl sites for hydroxylation is 1. The van der Waals surface area contributed by atoms with Crippen LogP contribution in [0.5, 0.6) is 0 Å². The molecule has 4 nitrogen and oxygen atoms in total. The fraction of sp³-hybridized carbons (Fsp3) is 0.571. The van der Waals surface area contributed by atoms with Gasteiger partial charge in [0.25, 0.3) is 0 Å². The van der Waals surface area contributed by atoms with Gasteiger partial charge >= 0.3 is 12.1 Å². The quantitative estimate of drug-likeness (QED) is 0.874. The Morgan fingerprint density at radius 1 is 1.38 bits per heavy atom. The zero-order chi connectivity index (χ0) is 16.2. The van der Waals surface area contributed by atoms with E-state index in [1.165, 1.54) is 12.1 Å². The van der Waals surface area contributed by atoms with Crippen molar-refractivity contribution in [2.45, 2.75) is 45.8 Å². The first kappa shape index (κ1) is 17.3. The second-order valence-electron chi connectivity index (χ2n) is 5.10. The Labute approximate surface area is 121 Å². The van der Waals surface area contributed by atoms with Crippen molar-refractivity contribution in [1.82, 2.24) is 4.98 Å². The molecule has 0 bridgehead atoms. The Bertz CT molecular complexity index is 501. The van der Waals surface area contributed by atoms with Crippen molar-refractivity contribution in [3.05, 3.63) is 23.4 Å². The molecule has 1 heterocycles. The first-order chi connectivity index (χ1) is 9.64. The van der Waals surface area contributed by atoms with Crippen LogP contribution < -0.4 is 4.90 Å². The Balaban J connectivity index is 3.25. The van der Waals surface area contributed by atoms with Gasteiger partial charge in [0.15, 0.2) is 0 Å². The van der Waals surface area contributed by atoms with Crippen LogP contribution in [0.2, 0.25) is 0 Å². The van der Waals surface area contributed by atoms with Gasteiger partial charge in [0.1, 0.15) is 12.4 Å². The Kier molecular flexibility index (Phi) is 5.57. The van der Waals surface area contributed by atoms with Gasteiger partial charge in [0, 0.05) is 11.7 Å². The molecular formula is C14H19F3N2O2. The summed E-state index contributed by atoms with van der Waals surface area (Å²) in [6, 6.07) is 2.15. The van der Waals surface area contributed by atoms with E-state index < -0.39 is 24.7 Å². The normalized spacial score (nSPS) is 11.8. The molecule has 21 heavy (non-hydrogen) atoms. The second-order valence-corrected chi connectivity index (χ2v) is 5.10. The summed E-state index contributed by atoms with van der Waals surface area (Å²) in [5.41, 5.74) is 0.441. The number of aromatic carboxylic acids is 1. The number of anilines is 1. The van der Waals surface area contributed by atoms with Crippen LogP contribution >= 0.6 is 0 Å². The molecule has 7 heteroatoms. The van der Waals surface area contributed by atoms with Crippen LogP contribution in [0.3, 0.4) is 0 Å². The number of carboxylic acid groups (broad SMARTS) is 1. The topological polar surface area (TPSA) is 53.4 Å². The lowest BCUT2D eigenvalue weighted by molar-refractivity contribution is -0.120. The summed E-state index contributed by atoms with van der Waals surface area (Å²) in [4.78, 5) is 16.4. The second kappa shape index (κ2) is 6.78. The standard InChI is InChI=1S/C14H19F3N2O2/c1-4-5-11-6-10(13(20)21)7-12(18-11)19(9(2)3)8-14(15,16)17/h6-7,9H,4-5,8H2,1-3H3,(H,20,21). The predicted molar refractivity (Wildman–Crippen MR) is 73.7 cm³/mol. The molecule has 118 valence electrons. The van der Waals surface area contributed by atoms with Gasteiger partial charge in [-0.1, -0.05) is 13.3 Å². The van der Waals surface area contributed by atoms with E-state index in [-0.39, 0.29) is 11.4 Å². The molecule has 1 rings (SSSR count). The monoisotopic (exact) mass is 304 g/mol. The molecule has 0 fully saturated rings. The third-order valence-electron chi connectivity index (χ3n) is 2.89. The number of rotatable bonds is 6. The van der Waals surface area contributed by atoms with E-state index >= 15 is 0 Å². The third kappa shape index (κ3) is 5.24. The number of hydrogen-bond donors (Lipinski definition) is 1. The van der Waals surface area contributed by atoms with E-state index in [1.807, 2.05) is 6.92 Å². The van der Waals surface area contributed by atoms with Gasteiger partial charge in [-0.15, -0.1) is 0 Å². The third-order valence-corrected chi connectivity index (χ3v) is 2.89. The maximum Gasteiger partial charge on any atom is 0.405 e. The van der Waals surface area contributed by atoms with Crippen LogP contribution in [0.15, 0.2) is 12.1 Å². The summed E-state index contributed by atoms with van der Waals surface area (Å²) in [7, 11) is 0. The van der Waals surface area contributed by atoms with E-state index in [9.17, 15) is 18.0 Å². The summed E-state index contributed by atoms with van der Waals surface area (Å²) < 4.78 is 38.0. The molecule has 0 saturated heterocycles. The molecule has 0 atom stereocenters. The molecule has 0 saturated carbocycles. The van der Waals surface area contributed by atoms with Gasteiger partial charge < -0.3 is 10.0 Å². The predicted octanol–water partition coefficient (Wildman–Crippen LogP) is 3.51. The first-order valence-electron chi connectivity index (χ1n) is 6.71. The van der Waals surface area contributed by atoms with Crippen LogP contribution in [-0.4, -0.2) is 34.8 Å². The van der Waals surface area contributed by atoms with Gasteiger partial charge in [-0.3, -0.25) is 0 Å². The average molecular weight is 304 g/mol. The Morgan fingerprint density at radius 2 is 2.00 bits per heavy atom. The smallest absolute Gasteiger partial charge is 0.405 e. The average Bonchev–Trinajstić information content (AvgIpc) is 2.34. The number of hydrogen-bond acceptors (Lipinski definition) is 3. The zero-order valence-electron chi connectivity index (χ0n) is 12.2. The van der Waals surface area contributed by atoms with Crippen molar-refractivity contribution < 1.29 is 23.1 Å². The van der Waals surface area contributed by atoms with Gasteiger partial charge in [0.2, 0.25) is 0 Å². The van der Waals surface area contributed by atoms with Gasteiger partial charge in [0.05, 0.1) is 5.56 Å². The maximum atomic E-state index is 12.7. The summed E-state index contributed by atoms with van der Waals surface area (Å²) in [5, 5.41) is 9.09. The molecule has 0 aromatic carbocycles. The molecule has 0 spiro atoms. The largest absolute Gasteiger partial charge is 0.478 e. The number of nitrogens with zero attached hydrogens (tertiary/aromatic N) is 2. The lowest BCUT2D eigenvalue weighted by Crippen LogP contribution is -2.39. The fourth-order valence-corrected chi connectivity index (χ4v) is 1.95. The summed E-state index contributed by atoms with van der Waals surface area (Å²) in [5.74, 6) is -1.13. The molecule has 0 unspecified atom stereocenters. The summed E-state index contributed by atoms with van der Waals surface area (Å²) in [6.07, 6.45) is -3.13. The van der Waals surface area contributed by atoms with Crippen LogP contribution in [0.1, 0.15) is 43.2 Å². The van der Waals surface area contributed by atoms with Crippen LogP contribution in [-0.2, 0) is 6.42 Å². The lowest BCUT2D eigenvalue weighted by atomic mass is 10.1. The number of carbonyl (C=O) groups is 1. The maximum absolute atomic E-state index is 12.7. The van der Waals surface area contributed by atoms with Crippen molar-refractivity contribution in [3.8, 4) is 0 Å². The van der Waals surface area contributed by atoms with Crippen molar-refractivity contribution in [3.63, 3.8) is 0 Å². The number of alkyl halides is 3. The van der Waals surface area contributed by atoms with Crippen LogP contribution in [0, 0.1) is 0 Å². The lowest BCUT2D eigenvalue weighted by Gasteiger charge is -2.29. The van der Waals surface area contributed by atoms with Crippen molar-refractivity contribution in [2.75, 3.05) is 11.4 Å². The van der Waals surface area contributed by atoms with Crippen LogP contribution in [0.25, 0.3) is 0 Å². The zero-order valence-corrected chi connectivity index (χ0v) is 12.2. The molecular weight excluding hydrogens is 285 g/mol. The highest BCUT2D eigenvalue weighted by molar-refractivity contribution is 5.88. The molecule has 1 aromatic heterocycles. The van der Waals surface area contributed by atoms with E-state index in [1.54, 1.807) is 13.8 Å². The first-order valence-corrected chi connectivity index (χ1v) is 6.71. The Morgan fingerprint density at radius 3 is 2.43 bits per heavy atom. The van der Waals surface area contributed by atoms with Gasteiger partial charge in [-0.25, -0.2) is 9.78 Å². The summed E-state index contributed by atoms with van der Waals surface area (Å²) >= 11 is 0. The highest BCUT2D eigenvalue weighted by Crippen LogP contribution is 2.24. The van der Waals surface area contributed by atoms with Crippen LogP contribution in [0.4, 0.5) is 19.0 Å². The highest BCUT2D eigenvalue weighted by atomic mass is 19.4. The van der Waals surface area contributed by atoms with E-state index in [0.717, 1.165) is 11.3 Å². The molecule has 0 radical (unpaired) electrons. The minimum Gasteiger partial charge on any atom is -0.478 e. The number of aromatic nitrogens is 1. The van der Waals surface area contributed by atoms with Crippen molar-refractivity contribution in [2.24, 2.45) is 0 Å². The number of carboxylic acids is 1. The highest BCUT2D eigenvalue weighted by Gasteiger charge is 2.33. The van der Waals surface area contributed by atoms with Crippen molar-refractivity contribution >= 4 is 11.8 Å². The SMILES string of the molecule is CCCc1cc(C(=O)O)cc(N(CC(F)(F)F)C(C)C)n1. The molecule has 0 aliphatic carbocycles. The van der Waals surface area contributed by atoms with E-state index in [4.69, 9.17) is 5.11 Å². The molecule has 1 N–H and O–H groups in total. The molecule has 1 aromatic rings. The fourth-order valence-electron chi connectivity index (χ4n) is 1.95.